The molecule has 0 saturated carbocycles. The molecule has 2 heterocycles. The predicted octanol–water partition coefficient (Wildman–Crippen LogP) is 0.701. The van der Waals surface area contributed by atoms with Crippen LogP contribution in [0.4, 0.5) is 5.95 Å². The maximum atomic E-state index is 9.90. The Morgan fingerprint density at radius 3 is 2.39 bits per heavy atom. The Morgan fingerprint density at radius 1 is 1.28 bits per heavy atom. The highest BCUT2D eigenvalue weighted by molar-refractivity contribution is 5.37. The Hall–Kier alpha value is -1.56. The van der Waals surface area contributed by atoms with Gasteiger partial charge in [-0.2, -0.15) is 9.97 Å². The van der Waals surface area contributed by atoms with Gasteiger partial charge in [-0.1, -0.05) is 6.92 Å². The van der Waals surface area contributed by atoms with E-state index in [0.717, 1.165) is 13.0 Å². The van der Waals surface area contributed by atoms with Gasteiger partial charge in [-0.15, -0.1) is 0 Å². The fraction of sp³-hybridized carbons (Fsp3) is 0.667. The summed E-state index contributed by atoms with van der Waals surface area (Å²) in [5, 5.41) is 9.90. The lowest BCUT2D eigenvalue weighted by molar-refractivity contribution is 0.102. The van der Waals surface area contributed by atoms with Crippen LogP contribution in [0.15, 0.2) is 6.07 Å². The molecule has 0 radical (unpaired) electrons. The van der Waals surface area contributed by atoms with E-state index in [1.807, 2.05) is 4.90 Å². The number of aliphatic hydroxyl groups excluding tert-OH is 1. The number of nitrogens with zero attached hydrogens (tertiary/aromatic N) is 3. The summed E-state index contributed by atoms with van der Waals surface area (Å²) in [4.78, 5) is 10.5. The van der Waals surface area contributed by atoms with Crippen molar-refractivity contribution in [3.05, 3.63) is 6.07 Å². The molecule has 1 aromatic heterocycles. The van der Waals surface area contributed by atoms with E-state index in [2.05, 4.69) is 16.9 Å². The highest BCUT2D eigenvalue weighted by atomic mass is 16.5. The molecule has 2 atom stereocenters. The first-order chi connectivity index (χ1) is 8.63. The fourth-order valence-corrected chi connectivity index (χ4v) is 1.97. The molecule has 0 aliphatic carbocycles. The van der Waals surface area contributed by atoms with Crippen LogP contribution in [0, 0.1) is 5.92 Å². The summed E-state index contributed by atoms with van der Waals surface area (Å²) >= 11 is 0. The molecule has 1 aliphatic heterocycles. The molecule has 2 unspecified atom stereocenters. The van der Waals surface area contributed by atoms with Crippen molar-refractivity contribution in [1.29, 1.82) is 0 Å². The van der Waals surface area contributed by atoms with Crippen molar-refractivity contribution in [3.8, 4) is 11.8 Å². The van der Waals surface area contributed by atoms with E-state index < -0.39 is 0 Å². The van der Waals surface area contributed by atoms with E-state index in [1.165, 1.54) is 0 Å². The number of hydrogen-bond acceptors (Lipinski definition) is 6. The largest absolute Gasteiger partial charge is 0.481 e. The van der Waals surface area contributed by atoms with Crippen molar-refractivity contribution in [1.82, 2.24) is 9.97 Å². The van der Waals surface area contributed by atoms with Crippen LogP contribution in [-0.2, 0) is 0 Å². The van der Waals surface area contributed by atoms with E-state index in [-0.39, 0.29) is 6.10 Å². The van der Waals surface area contributed by atoms with Crippen molar-refractivity contribution >= 4 is 5.95 Å². The topological polar surface area (TPSA) is 67.7 Å². The van der Waals surface area contributed by atoms with Crippen LogP contribution >= 0.6 is 0 Å². The number of methoxy groups -OCH3 is 2. The molecule has 1 saturated heterocycles. The quantitative estimate of drug-likeness (QED) is 0.855. The molecule has 1 N–H and O–H groups in total. The lowest BCUT2D eigenvalue weighted by atomic mass is 9.96. The third-order valence-electron chi connectivity index (χ3n) is 3.29. The van der Waals surface area contributed by atoms with Crippen LogP contribution in [0.5, 0.6) is 11.8 Å². The molecular formula is C12H19N3O3. The average molecular weight is 253 g/mol. The van der Waals surface area contributed by atoms with Crippen LogP contribution in [0.1, 0.15) is 13.3 Å². The van der Waals surface area contributed by atoms with Gasteiger partial charge in [0.1, 0.15) is 0 Å². The smallest absolute Gasteiger partial charge is 0.232 e. The van der Waals surface area contributed by atoms with Gasteiger partial charge in [-0.25, -0.2) is 0 Å². The van der Waals surface area contributed by atoms with Gasteiger partial charge in [-0.05, 0) is 12.3 Å². The first kappa shape index (κ1) is 12.9. The molecule has 6 heteroatoms. The van der Waals surface area contributed by atoms with Crippen LogP contribution in [0.2, 0.25) is 0 Å². The number of aliphatic hydroxyl groups is 1. The average Bonchev–Trinajstić information content (AvgIpc) is 2.41. The van der Waals surface area contributed by atoms with Gasteiger partial charge in [0, 0.05) is 13.1 Å². The molecule has 1 aromatic rings. The first-order valence-corrected chi connectivity index (χ1v) is 6.04. The maximum absolute atomic E-state index is 9.90. The van der Waals surface area contributed by atoms with Gasteiger partial charge >= 0.3 is 0 Å². The molecule has 100 valence electrons. The van der Waals surface area contributed by atoms with Crippen molar-refractivity contribution in [2.45, 2.75) is 19.4 Å². The third-order valence-corrected chi connectivity index (χ3v) is 3.29. The SMILES string of the molecule is COc1cc(OC)nc(N2CCC(C)C(O)C2)n1. The van der Waals surface area contributed by atoms with Crippen LogP contribution in [0.25, 0.3) is 0 Å². The second-order valence-electron chi connectivity index (χ2n) is 4.53. The number of anilines is 1. The monoisotopic (exact) mass is 253 g/mol. The first-order valence-electron chi connectivity index (χ1n) is 6.04. The number of aromatic nitrogens is 2. The molecule has 1 fully saturated rings. The molecule has 0 bridgehead atoms. The normalized spacial score (nSPS) is 23.9. The predicted molar refractivity (Wildman–Crippen MR) is 67.1 cm³/mol. The van der Waals surface area contributed by atoms with E-state index in [1.54, 1.807) is 20.3 Å². The lowest BCUT2D eigenvalue weighted by Crippen LogP contribution is -2.43. The number of hydrogen-bond donors (Lipinski definition) is 1. The van der Waals surface area contributed by atoms with Crippen molar-refractivity contribution in [3.63, 3.8) is 0 Å². The molecule has 2 rings (SSSR count). The van der Waals surface area contributed by atoms with Crippen LogP contribution in [0.3, 0.4) is 0 Å². The number of piperidine rings is 1. The van der Waals surface area contributed by atoms with Gasteiger partial charge in [-0.3, -0.25) is 0 Å². The molecule has 18 heavy (non-hydrogen) atoms. The molecule has 0 spiro atoms. The number of ether oxygens (including phenoxy) is 2. The summed E-state index contributed by atoms with van der Waals surface area (Å²) in [6, 6.07) is 1.63. The lowest BCUT2D eigenvalue weighted by Gasteiger charge is -2.34. The Balaban J connectivity index is 2.22. The van der Waals surface area contributed by atoms with Gasteiger partial charge in [0.15, 0.2) is 0 Å². The van der Waals surface area contributed by atoms with E-state index in [0.29, 0.717) is 30.2 Å². The molecule has 6 nitrogen and oxygen atoms in total. The minimum Gasteiger partial charge on any atom is -0.481 e. The van der Waals surface area contributed by atoms with Gasteiger partial charge in [0.05, 0.1) is 26.4 Å². The summed E-state index contributed by atoms with van der Waals surface area (Å²) in [5.41, 5.74) is 0. The summed E-state index contributed by atoms with van der Waals surface area (Å²) in [5.74, 6) is 1.78. The van der Waals surface area contributed by atoms with Gasteiger partial charge in [0.2, 0.25) is 17.7 Å². The Labute approximate surface area is 107 Å². The molecular weight excluding hydrogens is 234 g/mol. The highest BCUT2D eigenvalue weighted by Gasteiger charge is 2.26. The zero-order valence-electron chi connectivity index (χ0n) is 11.0. The van der Waals surface area contributed by atoms with Crippen LogP contribution < -0.4 is 14.4 Å². The number of rotatable bonds is 3. The zero-order valence-corrected chi connectivity index (χ0v) is 11.0. The third kappa shape index (κ3) is 2.64. The highest BCUT2D eigenvalue weighted by Crippen LogP contribution is 2.24. The van der Waals surface area contributed by atoms with Crippen LogP contribution in [-0.4, -0.2) is 48.5 Å². The molecule has 1 aliphatic rings. The summed E-state index contributed by atoms with van der Waals surface area (Å²) in [7, 11) is 3.11. The minimum atomic E-state index is -0.348. The van der Waals surface area contributed by atoms with E-state index in [4.69, 9.17) is 9.47 Å². The minimum absolute atomic E-state index is 0.314. The summed E-state index contributed by atoms with van der Waals surface area (Å²) in [6.45, 7) is 3.42. The fourth-order valence-electron chi connectivity index (χ4n) is 1.97. The summed E-state index contributed by atoms with van der Waals surface area (Å²) in [6.07, 6.45) is 0.573. The van der Waals surface area contributed by atoms with Gasteiger partial charge < -0.3 is 19.5 Å². The van der Waals surface area contributed by atoms with Crippen molar-refractivity contribution < 1.29 is 14.6 Å². The van der Waals surface area contributed by atoms with Crippen molar-refractivity contribution in [2.75, 3.05) is 32.2 Å². The molecule has 0 aromatic carbocycles. The van der Waals surface area contributed by atoms with Gasteiger partial charge in [0.25, 0.3) is 0 Å². The Morgan fingerprint density at radius 2 is 1.89 bits per heavy atom. The maximum Gasteiger partial charge on any atom is 0.232 e. The number of β-amino-alcohol motifs (C(OH)–C–C–N with tert-alkyl or cyclic N) is 1. The van der Waals surface area contributed by atoms with E-state index >= 15 is 0 Å². The van der Waals surface area contributed by atoms with E-state index in [9.17, 15) is 5.11 Å². The second kappa shape index (κ2) is 5.39. The Kier molecular flexibility index (Phi) is 3.86. The second-order valence-corrected chi connectivity index (χ2v) is 4.53. The Bertz CT molecular complexity index is 391. The zero-order chi connectivity index (χ0) is 13.1. The summed E-state index contributed by atoms with van der Waals surface area (Å²) < 4.78 is 10.2. The van der Waals surface area contributed by atoms with Crippen molar-refractivity contribution in [2.24, 2.45) is 5.92 Å². The standard InChI is InChI=1S/C12H19N3O3/c1-8-4-5-15(7-9(8)16)12-13-10(17-2)6-11(14-12)18-3/h6,8-9,16H,4-5,7H2,1-3H3. The molecule has 0 amide bonds.